The average Bonchev–Trinajstić information content (AvgIpc) is 3.26. The largest absolute Gasteiger partial charge is 0.374 e. The number of rotatable bonds is 7. The first-order valence-corrected chi connectivity index (χ1v) is 12.5. The van der Waals surface area contributed by atoms with Crippen LogP contribution in [-0.4, -0.2) is 48.1 Å². The molecule has 178 valence electrons. The van der Waals surface area contributed by atoms with E-state index in [-0.39, 0.29) is 11.3 Å². The van der Waals surface area contributed by atoms with Crippen LogP contribution in [-0.2, 0) is 25.9 Å². The molecule has 1 amide bonds. The molecule has 1 fully saturated rings. The zero-order valence-corrected chi connectivity index (χ0v) is 20.6. The number of nitrogens with zero attached hydrogens (tertiary/aromatic N) is 3. The van der Waals surface area contributed by atoms with Crippen molar-refractivity contribution in [2.24, 2.45) is 0 Å². The first kappa shape index (κ1) is 23.6. The lowest BCUT2D eigenvalue weighted by Gasteiger charge is -2.28. The van der Waals surface area contributed by atoms with Crippen molar-refractivity contribution in [3.63, 3.8) is 0 Å². The lowest BCUT2D eigenvalue weighted by Crippen LogP contribution is -2.37. The summed E-state index contributed by atoms with van der Waals surface area (Å²) in [6.07, 6.45) is 5.25. The molecule has 0 spiro atoms. The van der Waals surface area contributed by atoms with Gasteiger partial charge in [-0.3, -0.25) is 14.5 Å². The van der Waals surface area contributed by atoms with Crippen LogP contribution >= 0.6 is 0 Å². The fourth-order valence-corrected chi connectivity index (χ4v) is 5.64. The number of anilines is 1. The van der Waals surface area contributed by atoms with Gasteiger partial charge in [0.25, 0.3) is 5.91 Å². The van der Waals surface area contributed by atoms with Gasteiger partial charge in [-0.2, -0.15) is 0 Å². The maximum absolute atomic E-state index is 13.2. The number of benzene rings is 1. The van der Waals surface area contributed by atoms with E-state index in [1.807, 2.05) is 13.8 Å². The first-order chi connectivity index (χ1) is 15.9. The third-order valence-corrected chi connectivity index (χ3v) is 7.43. The molecule has 1 aromatic carbocycles. The van der Waals surface area contributed by atoms with Gasteiger partial charge in [-0.1, -0.05) is 26.0 Å². The highest BCUT2D eigenvalue weighted by Gasteiger charge is 2.26. The predicted molar refractivity (Wildman–Crippen MR) is 134 cm³/mol. The summed E-state index contributed by atoms with van der Waals surface area (Å²) in [6, 6.07) is 8.51. The molecule has 0 bridgehead atoms. The zero-order chi connectivity index (χ0) is 23.5. The number of carbonyl (C=O) groups is 1. The molecule has 1 aromatic heterocycles. The predicted octanol–water partition coefficient (Wildman–Crippen LogP) is 3.52. The molecule has 1 unspecified atom stereocenters. The summed E-state index contributed by atoms with van der Waals surface area (Å²) in [5.41, 5.74) is 5.61. The summed E-state index contributed by atoms with van der Waals surface area (Å²) in [6.45, 7) is 10.7. The molecule has 0 aliphatic carbocycles. The van der Waals surface area contributed by atoms with Gasteiger partial charge < -0.3 is 14.8 Å². The molecule has 1 N–H and O–H groups in total. The molecule has 33 heavy (non-hydrogen) atoms. The smallest absolute Gasteiger partial charge is 0.257 e. The van der Waals surface area contributed by atoms with Crippen LogP contribution in [0.2, 0.25) is 0 Å². The van der Waals surface area contributed by atoms with Crippen molar-refractivity contribution in [1.82, 2.24) is 14.8 Å². The maximum atomic E-state index is 13.2. The van der Waals surface area contributed by atoms with Crippen molar-refractivity contribution in [3.05, 3.63) is 62.6 Å². The van der Waals surface area contributed by atoms with Gasteiger partial charge in [0.1, 0.15) is 5.56 Å². The molecule has 4 rings (SSSR count). The van der Waals surface area contributed by atoms with Crippen molar-refractivity contribution in [2.45, 2.75) is 72.0 Å². The minimum absolute atomic E-state index is 0.177. The van der Waals surface area contributed by atoms with E-state index in [0.717, 1.165) is 62.4 Å². The van der Waals surface area contributed by atoms with E-state index < -0.39 is 0 Å². The Morgan fingerprint density at radius 1 is 1.15 bits per heavy atom. The molecule has 1 atom stereocenters. The van der Waals surface area contributed by atoms with Crippen LogP contribution in [0, 0.1) is 6.92 Å². The lowest BCUT2D eigenvalue weighted by molar-refractivity contribution is 0.0947. The van der Waals surface area contributed by atoms with Gasteiger partial charge in [-0.05, 0) is 69.3 Å². The third-order valence-electron chi connectivity index (χ3n) is 7.43. The molecule has 2 aromatic rings. The van der Waals surface area contributed by atoms with Crippen molar-refractivity contribution >= 4 is 11.6 Å². The van der Waals surface area contributed by atoms with E-state index in [4.69, 9.17) is 0 Å². The van der Waals surface area contributed by atoms with Crippen molar-refractivity contribution in [1.29, 1.82) is 0 Å². The normalized spacial score (nSPS) is 18.4. The minimum atomic E-state index is -0.265. The van der Waals surface area contributed by atoms with Gasteiger partial charge in [0, 0.05) is 55.9 Å². The van der Waals surface area contributed by atoms with Crippen LogP contribution in [0.3, 0.4) is 0 Å². The highest BCUT2D eigenvalue weighted by Crippen LogP contribution is 2.27. The Morgan fingerprint density at radius 2 is 1.97 bits per heavy atom. The second-order valence-corrected chi connectivity index (χ2v) is 9.53. The zero-order valence-electron chi connectivity index (χ0n) is 20.6. The fraction of sp³-hybridized carbons (Fsp3) is 0.556. The Kier molecular flexibility index (Phi) is 7.23. The van der Waals surface area contributed by atoms with Gasteiger partial charge in [0.2, 0.25) is 0 Å². The Bertz CT molecular complexity index is 1070. The Hall–Kier alpha value is -2.60. The van der Waals surface area contributed by atoms with Gasteiger partial charge in [-0.15, -0.1) is 0 Å². The molecular formula is C27H38N4O2. The summed E-state index contributed by atoms with van der Waals surface area (Å²) in [7, 11) is 2.12. The average molecular weight is 451 g/mol. The minimum Gasteiger partial charge on any atom is -0.374 e. The van der Waals surface area contributed by atoms with Gasteiger partial charge in [0.15, 0.2) is 5.43 Å². The highest BCUT2D eigenvalue weighted by atomic mass is 16.2. The number of fused-ring (bicyclic) bond motifs is 1. The molecule has 6 heteroatoms. The van der Waals surface area contributed by atoms with E-state index in [9.17, 15) is 9.59 Å². The molecule has 1 saturated heterocycles. The van der Waals surface area contributed by atoms with Crippen LogP contribution in [0.4, 0.5) is 5.69 Å². The van der Waals surface area contributed by atoms with Crippen LogP contribution in [0.25, 0.3) is 0 Å². The SMILES string of the molecule is CCc1c(C(=O)NCc2ccc3c(c2)CCCN3C)c(=O)cc(C)n1CC1CCCN1CC. The van der Waals surface area contributed by atoms with Crippen molar-refractivity contribution in [3.8, 4) is 0 Å². The second kappa shape index (κ2) is 10.1. The first-order valence-electron chi connectivity index (χ1n) is 12.5. The summed E-state index contributed by atoms with van der Waals surface area (Å²) in [4.78, 5) is 30.9. The monoisotopic (exact) mass is 450 g/mol. The van der Waals surface area contributed by atoms with Gasteiger partial charge in [-0.25, -0.2) is 0 Å². The number of aryl methyl sites for hydroxylation is 2. The number of aromatic nitrogens is 1. The molecule has 6 nitrogen and oxygen atoms in total. The maximum Gasteiger partial charge on any atom is 0.257 e. The standard InChI is InChI=1S/C27H38N4O2/c1-5-23-26(25(32)15-19(3)31(23)18-22-10-8-14-30(22)6-2)27(33)28-17-20-11-12-24-21(16-20)9-7-13-29(24)4/h11-12,15-16,22H,5-10,13-14,17-18H2,1-4H3,(H,28,33). The summed E-state index contributed by atoms with van der Waals surface area (Å²) in [5, 5.41) is 3.03. The number of hydrogen-bond acceptors (Lipinski definition) is 4. The molecule has 2 aliphatic rings. The van der Waals surface area contributed by atoms with Crippen molar-refractivity contribution in [2.75, 3.05) is 31.6 Å². The number of amides is 1. The van der Waals surface area contributed by atoms with Gasteiger partial charge >= 0.3 is 0 Å². The highest BCUT2D eigenvalue weighted by molar-refractivity contribution is 5.95. The molecule has 0 saturated carbocycles. The Morgan fingerprint density at radius 3 is 2.73 bits per heavy atom. The van der Waals surface area contributed by atoms with E-state index in [0.29, 0.717) is 24.6 Å². The van der Waals surface area contributed by atoms with E-state index in [1.165, 1.54) is 17.7 Å². The number of pyridine rings is 1. The summed E-state index contributed by atoms with van der Waals surface area (Å²) >= 11 is 0. The van der Waals surface area contributed by atoms with E-state index >= 15 is 0 Å². The third kappa shape index (κ3) is 4.86. The second-order valence-electron chi connectivity index (χ2n) is 9.53. The van der Waals surface area contributed by atoms with Gasteiger partial charge in [0.05, 0.1) is 0 Å². The van der Waals surface area contributed by atoms with Crippen LogP contribution in [0.15, 0.2) is 29.1 Å². The van der Waals surface area contributed by atoms with Crippen LogP contribution in [0.1, 0.15) is 66.0 Å². The quantitative estimate of drug-likeness (QED) is 0.701. The molecule has 3 heterocycles. The van der Waals surface area contributed by atoms with Crippen molar-refractivity contribution < 1.29 is 4.79 Å². The van der Waals surface area contributed by atoms with Crippen LogP contribution < -0.4 is 15.6 Å². The number of likely N-dealkylation sites (tertiary alicyclic amines) is 1. The fourth-order valence-electron chi connectivity index (χ4n) is 5.64. The topological polar surface area (TPSA) is 57.6 Å². The molecular weight excluding hydrogens is 412 g/mol. The summed E-state index contributed by atoms with van der Waals surface area (Å²) < 4.78 is 2.21. The molecule has 2 aliphatic heterocycles. The number of nitrogens with one attached hydrogen (secondary N) is 1. The van der Waals surface area contributed by atoms with E-state index in [1.54, 1.807) is 6.07 Å². The van der Waals surface area contributed by atoms with E-state index in [2.05, 4.69) is 51.9 Å². The Balaban J connectivity index is 1.55. The number of carbonyl (C=O) groups excluding carboxylic acids is 1. The molecule has 0 radical (unpaired) electrons. The summed E-state index contributed by atoms with van der Waals surface area (Å²) in [5.74, 6) is -0.265. The number of likely N-dealkylation sites (N-methyl/N-ethyl adjacent to an activating group) is 1. The van der Waals surface area contributed by atoms with Crippen LogP contribution in [0.5, 0.6) is 0 Å². The lowest BCUT2D eigenvalue weighted by atomic mass is 9.99. The number of hydrogen-bond donors (Lipinski definition) is 1. The Labute approximate surface area is 197 Å².